The number of rotatable bonds is 6. The third-order valence-electron chi connectivity index (χ3n) is 1.70. The Labute approximate surface area is 82.1 Å². The maximum absolute atomic E-state index is 9.55. The van der Waals surface area contributed by atoms with Crippen molar-refractivity contribution in [1.29, 1.82) is 0 Å². The first-order valence-corrected chi connectivity index (χ1v) is 9.03. The van der Waals surface area contributed by atoms with Gasteiger partial charge in [-0.1, -0.05) is 13.8 Å². The van der Waals surface area contributed by atoms with Gasteiger partial charge in [0.05, 0.1) is 0 Å². The van der Waals surface area contributed by atoms with Crippen LogP contribution in [0.4, 0.5) is 0 Å². The monoisotopic (exact) mass is 206 g/mol. The van der Waals surface area contributed by atoms with Crippen LogP contribution in [0, 0.1) is 5.92 Å². The summed E-state index contributed by atoms with van der Waals surface area (Å²) >= 11 is 1.98. The molecule has 0 aromatic carbocycles. The van der Waals surface area contributed by atoms with Gasteiger partial charge < -0.3 is 4.80 Å². The molecule has 0 unspecified atom stereocenters. The van der Waals surface area contributed by atoms with Gasteiger partial charge in [0.15, 0.2) is 8.32 Å². The summed E-state index contributed by atoms with van der Waals surface area (Å²) in [6.07, 6.45) is 1.30. The minimum Gasteiger partial charge on any atom is -0.432 e. The summed E-state index contributed by atoms with van der Waals surface area (Å²) in [5.74, 6) is 3.21. The maximum Gasteiger partial charge on any atom is 0.183 e. The average Bonchev–Trinajstić information content (AvgIpc) is 1.83. The molecule has 12 heavy (non-hydrogen) atoms. The molecule has 0 spiro atoms. The summed E-state index contributed by atoms with van der Waals surface area (Å²) in [4.78, 5) is 9.55. The molecule has 0 saturated heterocycles. The smallest absolute Gasteiger partial charge is 0.183 e. The zero-order valence-electron chi connectivity index (χ0n) is 8.76. The lowest BCUT2D eigenvalue weighted by atomic mass is 10.2. The molecule has 0 saturated carbocycles. The van der Waals surface area contributed by atoms with Gasteiger partial charge in [-0.25, -0.2) is 0 Å². The predicted octanol–water partition coefficient (Wildman–Crippen LogP) is 2.96. The highest BCUT2D eigenvalue weighted by molar-refractivity contribution is 7.99. The van der Waals surface area contributed by atoms with Gasteiger partial charge in [0.1, 0.15) is 0 Å². The van der Waals surface area contributed by atoms with Gasteiger partial charge in [0.25, 0.3) is 0 Å². The van der Waals surface area contributed by atoms with E-state index in [-0.39, 0.29) is 0 Å². The molecule has 0 bridgehead atoms. The Morgan fingerprint density at radius 1 is 1.25 bits per heavy atom. The van der Waals surface area contributed by atoms with Gasteiger partial charge in [-0.3, -0.25) is 0 Å². The van der Waals surface area contributed by atoms with Crippen LogP contribution in [0.1, 0.15) is 20.3 Å². The summed E-state index contributed by atoms with van der Waals surface area (Å²) in [5, 5.41) is 0. The van der Waals surface area contributed by atoms with Crippen molar-refractivity contribution >= 4 is 20.1 Å². The SMILES string of the molecule is CC(C)CCSCC[Si](C)(C)O. The highest BCUT2D eigenvalue weighted by Crippen LogP contribution is 2.14. The molecular formula is C9H22OSSi. The molecule has 74 valence electrons. The number of thioether (sulfide) groups is 1. The molecule has 0 rings (SSSR count). The van der Waals surface area contributed by atoms with E-state index in [1.807, 2.05) is 24.9 Å². The normalized spacial score (nSPS) is 12.5. The molecule has 0 aromatic rings. The van der Waals surface area contributed by atoms with Crippen molar-refractivity contribution in [1.82, 2.24) is 0 Å². The summed E-state index contributed by atoms with van der Waals surface area (Å²) in [7, 11) is -1.76. The molecule has 1 N–H and O–H groups in total. The second kappa shape index (κ2) is 6.05. The average molecular weight is 206 g/mol. The Balaban J connectivity index is 3.12. The number of hydrogen-bond donors (Lipinski definition) is 1. The third-order valence-corrected chi connectivity index (χ3v) is 4.55. The zero-order valence-corrected chi connectivity index (χ0v) is 10.6. The second-order valence-electron chi connectivity index (χ2n) is 4.36. The largest absolute Gasteiger partial charge is 0.432 e. The molecular weight excluding hydrogens is 184 g/mol. The van der Waals surface area contributed by atoms with Gasteiger partial charge in [0.2, 0.25) is 0 Å². The molecule has 0 fully saturated rings. The lowest BCUT2D eigenvalue weighted by Crippen LogP contribution is -2.25. The lowest BCUT2D eigenvalue weighted by molar-refractivity contribution is 0.552. The van der Waals surface area contributed by atoms with E-state index in [2.05, 4.69) is 13.8 Å². The Kier molecular flexibility index (Phi) is 6.32. The fourth-order valence-electron chi connectivity index (χ4n) is 0.743. The van der Waals surface area contributed by atoms with Crippen molar-refractivity contribution in [3.05, 3.63) is 0 Å². The minimum absolute atomic E-state index is 0.817. The van der Waals surface area contributed by atoms with Gasteiger partial charge in [0, 0.05) is 0 Å². The third kappa shape index (κ3) is 10.5. The maximum atomic E-state index is 9.55. The second-order valence-corrected chi connectivity index (χ2v) is 9.71. The Morgan fingerprint density at radius 3 is 2.25 bits per heavy atom. The Hall–Kier alpha value is 0.527. The lowest BCUT2D eigenvalue weighted by Gasteiger charge is -2.13. The quantitative estimate of drug-likeness (QED) is 0.532. The molecule has 0 amide bonds. The summed E-state index contributed by atoms with van der Waals surface area (Å²) in [6, 6.07) is 1.04. The zero-order chi connectivity index (χ0) is 9.61. The first-order valence-electron chi connectivity index (χ1n) is 4.72. The summed E-state index contributed by atoms with van der Waals surface area (Å²) in [6.45, 7) is 8.53. The molecule has 1 nitrogen and oxygen atoms in total. The van der Waals surface area contributed by atoms with E-state index in [0.717, 1.165) is 17.7 Å². The Bertz CT molecular complexity index is 110. The van der Waals surface area contributed by atoms with Crippen molar-refractivity contribution in [2.75, 3.05) is 11.5 Å². The molecule has 0 radical (unpaired) electrons. The fourth-order valence-corrected chi connectivity index (χ4v) is 4.16. The van der Waals surface area contributed by atoms with Gasteiger partial charge >= 0.3 is 0 Å². The standard InChI is InChI=1S/C9H22OSSi/c1-9(2)5-6-11-7-8-12(3,4)10/h9-10H,5-8H2,1-4H3. The molecule has 0 heterocycles. The van der Waals surface area contributed by atoms with Crippen LogP contribution in [0.15, 0.2) is 0 Å². The van der Waals surface area contributed by atoms with E-state index in [9.17, 15) is 4.80 Å². The summed E-state index contributed by atoms with van der Waals surface area (Å²) in [5.41, 5.74) is 0. The molecule has 0 aliphatic carbocycles. The van der Waals surface area contributed by atoms with Crippen LogP contribution >= 0.6 is 11.8 Å². The molecule has 0 aliphatic rings. The van der Waals surface area contributed by atoms with Crippen LogP contribution in [0.2, 0.25) is 19.1 Å². The van der Waals surface area contributed by atoms with Crippen LogP contribution < -0.4 is 0 Å². The van der Waals surface area contributed by atoms with E-state index in [1.165, 1.54) is 12.2 Å². The van der Waals surface area contributed by atoms with Crippen molar-refractivity contribution < 1.29 is 4.80 Å². The molecule has 0 atom stereocenters. The van der Waals surface area contributed by atoms with Crippen molar-refractivity contribution in [3.63, 3.8) is 0 Å². The first kappa shape index (κ1) is 12.5. The molecule has 0 aliphatic heterocycles. The van der Waals surface area contributed by atoms with Gasteiger partial charge in [-0.15, -0.1) is 0 Å². The van der Waals surface area contributed by atoms with Gasteiger partial charge in [-0.05, 0) is 43.0 Å². The predicted molar refractivity (Wildman–Crippen MR) is 61.3 cm³/mol. The topological polar surface area (TPSA) is 20.2 Å². The van der Waals surface area contributed by atoms with Gasteiger partial charge in [-0.2, -0.15) is 11.8 Å². The van der Waals surface area contributed by atoms with Crippen LogP contribution in [-0.4, -0.2) is 24.6 Å². The Morgan fingerprint density at radius 2 is 1.83 bits per heavy atom. The van der Waals surface area contributed by atoms with Crippen LogP contribution in [0.3, 0.4) is 0 Å². The summed E-state index contributed by atoms with van der Waals surface area (Å²) < 4.78 is 0. The van der Waals surface area contributed by atoms with E-state index in [0.29, 0.717) is 0 Å². The molecule has 0 aromatic heterocycles. The van der Waals surface area contributed by atoms with Crippen molar-refractivity contribution in [2.45, 2.75) is 39.4 Å². The van der Waals surface area contributed by atoms with Crippen molar-refractivity contribution in [2.24, 2.45) is 5.92 Å². The van der Waals surface area contributed by atoms with Crippen LogP contribution in [0.25, 0.3) is 0 Å². The minimum atomic E-state index is -1.76. The van der Waals surface area contributed by atoms with E-state index in [4.69, 9.17) is 0 Å². The van der Waals surface area contributed by atoms with Crippen LogP contribution in [-0.2, 0) is 0 Å². The fraction of sp³-hybridized carbons (Fsp3) is 1.00. The van der Waals surface area contributed by atoms with Crippen LogP contribution in [0.5, 0.6) is 0 Å². The van der Waals surface area contributed by atoms with E-state index < -0.39 is 8.32 Å². The van der Waals surface area contributed by atoms with Crippen molar-refractivity contribution in [3.8, 4) is 0 Å². The van der Waals surface area contributed by atoms with E-state index in [1.54, 1.807) is 0 Å². The number of hydrogen-bond acceptors (Lipinski definition) is 2. The molecule has 3 heteroatoms. The first-order chi connectivity index (χ1) is 5.42. The highest BCUT2D eigenvalue weighted by Gasteiger charge is 2.15. The highest BCUT2D eigenvalue weighted by atomic mass is 32.2. The van der Waals surface area contributed by atoms with E-state index >= 15 is 0 Å².